The van der Waals surface area contributed by atoms with Crippen LogP contribution >= 0.6 is 11.6 Å². The third-order valence-electron chi connectivity index (χ3n) is 3.67. The summed E-state index contributed by atoms with van der Waals surface area (Å²) in [6.07, 6.45) is 2.10. The molecule has 1 heterocycles. The minimum absolute atomic E-state index is 0.0843. The van der Waals surface area contributed by atoms with E-state index in [1.54, 1.807) is 12.1 Å². The van der Waals surface area contributed by atoms with E-state index in [2.05, 4.69) is 0 Å². The first kappa shape index (κ1) is 14.9. The molecule has 1 saturated heterocycles. The van der Waals surface area contributed by atoms with Gasteiger partial charge < -0.3 is 10.0 Å². The normalized spacial score (nSPS) is 16.1. The van der Waals surface area contributed by atoms with E-state index in [1.165, 1.54) is 0 Å². The van der Waals surface area contributed by atoms with Gasteiger partial charge in [0, 0.05) is 24.5 Å². The van der Waals surface area contributed by atoms with Gasteiger partial charge in [-0.05, 0) is 36.5 Å². The maximum atomic E-state index is 12.2. The van der Waals surface area contributed by atoms with Crippen LogP contribution in [0, 0.1) is 5.92 Å². The molecule has 0 spiro atoms. The third-order valence-corrected chi connectivity index (χ3v) is 3.91. The highest BCUT2D eigenvalue weighted by molar-refractivity contribution is 6.30. The number of aliphatic carboxylic acids is 1. The lowest BCUT2D eigenvalue weighted by molar-refractivity contribution is -0.138. The maximum absolute atomic E-state index is 12.2. The van der Waals surface area contributed by atoms with Gasteiger partial charge in [-0.25, -0.2) is 0 Å². The van der Waals surface area contributed by atoms with Crippen LogP contribution in [-0.2, 0) is 16.0 Å². The molecule has 4 nitrogen and oxygen atoms in total. The van der Waals surface area contributed by atoms with Crippen molar-refractivity contribution in [2.45, 2.75) is 25.7 Å². The summed E-state index contributed by atoms with van der Waals surface area (Å²) < 4.78 is 0. The number of likely N-dealkylation sites (tertiary alicyclic amines) is 1. The van der Waals surface area contributed by atoms with Crippen molar-refractivity contribution in [3.8, 4) is 0 Å². The molecule has 1 aliphatic rings. The fourth-order valence-electron chi connectivity index (χ4n) is 2.57. The van der Waals surface area contributed by atoms with E-state index >= 15 is 0 Å². The van der Waals surface area contributed by atoms with E-state index < -0.39 is 5.97 Å². The molecule has 5 heteroatoms. The Balaban J connectivity index is 1.84. The predicted molar refractivity (Wildman–Crippen MR) is 76.7 cm³/mol. The summed E-state index contributed by atoms with van der Waals surface area (Å²) in [6, 6.07) is 7.31. The average Bonchev–Trinajstić information content (AvgIpc) is 2.38. The van der Waals surface area contributed by atoms with Crippen LogP contribution in [-0.4, -0.2) is 35.0 Å². The summed E-state index contributed by atoms with van der Waals surface area (Å²) in [4.78, 5) is 24.7. The van der Waals surface area contributed by atoms with Crippen molar-refractivity contribution < 1.29 is 14.7 Å². The number of piperidine rings is 1. The van der Waals surface area contributed by atoms with Crippen molar-refractivity contribution in [1.82, 2.24) is 4.90 Å². The molecular weight excluding hydrogens is 278 g/mol. The van der Waals surface area contributed by atoms with Gasteiger partial charge in [-0.3, -0.25) is 9.59 Å². The van der Waals surface area contributed by atoms with Gasteiger partial charge in [0.25, 0.3) is 0 Å². The quantitative estimate of drug-likeness (QED) is 0.929. The molecule has 1 amide bonds. The highest BCUT2D eigenvalue weighted by Crippen LogP contribution is 2.21. The Bertz CT molecular complexity index is 496. The lowest BCUT2D eigenvalue weighted by Gasteiger charge is -2.31. The number of nitrogens with zero attached hydrogens (tertiary/aromatic N) is 1. The van der Waals surface area contributed by atoms with E-state index in [9.17, 15) is 9.59 Å². The van der Waals surface area contributed by atoms with Crippen LogP contribution in [0.2, 0.25) is 5.02 Å². The summed E-state index contributed by atoms with van der Waals surface area (Å²) in [6.45, 7) is 1.30. The second-order valence-corrected chi connectivity index (χ2v) is 5.67. The zero-order chi connectivity index (χ0) is 14.5. The molecule has 1 fully saturated rings. The van der Waals surface area contributed by atoms with Gasteiger partial charge in [-0.2, -0.15) is 0 Å². The SMILES string of the molecule is O=C(O)CC1CCN(C(=O)Cc2cccc(Cl)c2)CC1. The van der Waals surface area contributed by atoms with E-state index in [0.29, 0.717) is 24.5 Å². The average molecular weight is 296 g/mol. The summed E-state index contributed by atoms with van der Waals surface area (Å²) in [5.41, 5.74) is 0.912. The van der Waals surface area contributed by atoms with E-state index in [1.807, 2.05) is 17.0 Å². The summed E-state index contributed by atoms with van der Waals surface area (Å²) in [5.74, 6) is -0.475. The van der Waals surface area contributed by atoms with E-state index in [-0.39, 0.29) is 18.2 Å². The van der Waals surface area contributed by atoms with E-state index in [0.717, 1.165) is 18.4 Å². The zero-order valence-electron chi connectivity index (χ0n) is 11.2. The standard InChI is InChI=1S/C15H18ClNO3/c16-13-3-1-2-12(8-13)9-14(18)17-6-4-11(5-7-17)10-15(19)20/h1-3,8,11H,4-7,9-10H2,(H,19,20). The van der Waals surface area contributed by atoms with Crippen molar-refractivity contribution in [1.29, 1.82) is 0 Å². The van der Waals surface area contributed by atoms with Gasteiger partial charge in [0.1, 0.15) is 0 Å². The second kappa shape index (κ2) is 6.75. The number of hydrogen-bond acceptors (Lipinski definition) is 2. The monoisotopic (exact) mass is 295 g/mol. The highest BCUT2D eigenvalue weighted by atomic mass is 35.5. The first-order chi connectivity index (χ1) is 9.54. The Morgan fingerprint density at radius 2 is 2.00 bits per heavy atom. The smallest absolute Gasteiger partial charge is 0.303 e. The number of hydrogen-bond donors (Lipinski definition) is 1. The van der Waals surface area contributed by atoms with Crippen LogP contribution in [0.4, 0.5) is 0 Å². The van der Waals surface area contributed by atoms with Gasteiger partial charge in [0.05, 0.1) is 6.42 Å². The Labute approximate surface area is 123 Å². The molecule has 0 aliphatic carbocycles. The van der Waals surface area contributed by atoms with Gasteiger partial charge in [-0.15, -0.1) is 0 Å². The van der Waals surface area contributed by atoms with Crippen LogP contribution in [0.5, 0.6) is 0 Å². The topological polar surface area (TPSA) is 57.6 Å². The molecule has 20 heavy (non-hydrogen) atoms. The first-order valence-corrected chi connectivity index (χ1v) is 7.16. The highest BCUT2D eigenvalue weighted by Gasteiger charge is 2.24. The number of benzene rings is 1. The summed E-state index contributed by atoms with van der Waals surface area (Å²) in [5, 5.41) is 9.40. The molecule has 0 radical (unpaired) electrons. The lowest BCUT2D eigenvalue weighted by Crippen LogP contribution is -2.39. The summed E-state index contributed by atoms with van der Waals surface area (Å²) >= 11 is 5.90. The molecule has 0 saturated carbocycles. The Hall–Kier alpha value is -1.55. The van der Waals surface area contributed by atoms with Crippen LogP contribution in [0.3, 0.4) is 0 Å². The molecule has 1 aromatic rings. The van der Waals surface area contributed by atoms with Crippen molar-refractivity contribution in [2.75, 3.05) is 13.1 Å². The van der Waals surface area contributed by atoms with Gasteiger partial charge >= 0.3 is 5.97 Å². The number of amides is 1. The molecule has 0 bridgehead atoms. The molecule has 1 N–H and O–H groups in total. The first-order valence-electron chi connectivity index (χ1n) is 6.78. The minimum Gasteiger partial charge on any atom is -0.481 e. The van der Waals surface area contributed by atoms with Crippen LogP contribution in [0.1, 0.15) is 24.8 Å². The minimum atomic E-state index is -0.756. The number of rotatable bonds is 4. The van der Waals surface area contributed by atoms with Gasteiger partial charge in [-0.1, -0.05) is 23.7 Å². The predicted octanol–water partition coefficient (Wildman–Crippen LogP) is 2.60. The third kappa shape index (κ3) is 4.23. The van der Waals surface area contributed by atoms with Crippen molar-refractivity contribution >= 4 is 23.5 Å². The van der Waals surface area contributed by atoms with Crippen LogP contribution < -0.4 is 0 Å². The van der Waals surface area contributed by atoms with E-state index in [4.69, 9.17) is 16.7 Å². The van der Waals surface area contributed by atoms with Gasteiger partial charge in [0.15, 0.2) is 0 Å². The second-order valence-electron chi connectivity index (χ2n) is 5.23. The molecule has 108 valence electrons. The summed E-state index contributed by atoms with van der Waals surface area (Å²) in [7, 11) is 0. The fraction of sp³-hybridized carbons (Fsp3) is 0.467. The van der Waals surface area contributed by atoms with Crippen molar-refractivity contribution in [3.63, 3.8) is 0 Å². The van der Waals surface area contributed by atoms with Gasteiger partial charge in [0.2, 0.25) is 5.91 Å². The Morgan fingerprint density at radius 1 is 1.30 bits per heavy atom. The number of halogens is 1. The maximum Gasteiger partial charge on any atom is 0.303 e. The molecule has 1 aliphatic heterocycles. The molecular formula is C15H18ClNO3. The molecule has 1 aromatic carbocycles. The largest absolute Gasteiger partial charge is 0.481 e. The molecule has 2 rings (SSSR count). The number of carbonyl (C=O) groups excluding carboxylic acids is 1. The van der Waals surface area contributed by atoms with Crippen molar-refractivity contribution in [2.24, 2.45) is 5.92 Å². The number of carboxylic acid groups (broad SMARTS) is 1. The Morgan fingerprint density at radius 3 is 2.60 bits per heavy atom. The molecule has 0 aromatic heterocycles. The van der Waals surface area contributed by atoms with Crippen LogP contribution in [0.25, 0.3) is 0 Å². The lowest BCUT2D eigenvalue weighted by atomic mass is 9.93. The number of carbonyl (C=O) groups is 2. The van der Waals surface area contributed by atoms with Crippen molar-refractivity contribution in [3.05, 3.63) is 34.9 Å². The molecule has 0 atom stereocenters. The zero-order valence-corrected chi connectivity index (χ0v) is 12.0. The Kier molecular flexibility index (Phi) is 5.01. The molecule has 0 unspecified atom stereocenters. The fourth-order valence-corrected chi connectivity index (χ4v) is 2.78. The van der Waals surface area contributed by atoms with Crippen LogP contribution in [0.15, 0.2) is 24.3 Å². The number of carboxylic acids is 1.